The summed E-state index contributed by atoms with van der Waals surface area (Å²) in [5, 5.41) is 21.0. The Morgan fingerprint density at radius 3 is 2.18 bits per heavy atom. The van der Waals surface area contributed by atoms with E-state index in [0.29, 0.717) is 11.3 Å². The zero-order valence-corrected chi connectivity index (χ0v) is 21.7. The minimum absolute atomic E-state index is 0.131. The topological polar surface area (TPSA) is 134 Å². The Balaban J connectivity index is 1.58. The first-order chi connectivity index (χ1) is 18.6. The molecule has 6 atom stereocenters. The Morgan fingerprint density at radius 1 is 0.923 bits per heavy atom. The van der Waals surface area contributed by atoms with Gasteiger partial charge < -0.3 is 14.6 Å². The summed E-state index contributed by atoms with van der Waals surface area (Å²) in [6.07, 6.45) is 2.26. The van der Waals surface area contributed by atoms with Crippen molar-refractivity contribution in [3.63, 3.8) is 0 Å². The van der Waals surface area contributed by atoms with E-state index in [-0.39, 0.29) is 47.0 Å². The summed E-state index contributed by atoms with van der Waals surface area (Å²) >= 11 is 0. The lowest BCUT2D eigenvalue weighted by Crippen LogP contribution is -2.48. The van der Waals surface area contributed by atoms with E-state index in [0.717, 1.165) is 5.57 Å². The van der Waals surface area contributed by atoms with Crippen molar-refractivity contribution < 1.29 is 39.0 Å². The number of benzene rings is 2. The van der Waals surface area contributed by atoms with Crippen molar-refractivity contribution in [1.29, 1.82) is 0 Å². The van der Waals surface area contributed by atoms with Gasteiger partial charge in [-0.1, -0.05) is 29.8 Å². The van der Waals surface area contributed by atoms with Crippen LogP contribution in [0, 0.1) is 29.1 Å². The number of carbonyl (C=O) groups excluding carboxylic acids is 4. The first-order valence-electron chi connectivity index (χ1n) is 12.8. The van der Waals surface area contributed by atoms with Crippen LogP contribution >= 0.6 is 0 Å². The second kappa shape index (κ2) is 8.67. The molecule has 2 saturated heterocycles. The zero-order valence-electron chi connectivity index (χ0n) is 21.7. The number of phenolic OH excluding ortho intramolecular Hbond substituents is 1. The zero-order chi connectivity index (χ0) is 27.8. The van der Waals surface area contributed by atoms with E-state index in [9.17, 15) is 29.5 Å². The van der Waals surface area contributed by atoms with Crippen LogP contribution in [-0.4, -0.2) is 53.2 Å². The Kier molecular flexibility index (Phi) is 5.58. The number of rotatable bonds is 4. The fourth-order valence-electron chi connectivity index (χ4n) is 7.28. The van der Waals surface area contributed by atoms with Gasteiger partial charge in [-0.15, -0.1) is 0 Å². The quantitative estimate of drug-likeness (QED) is 0.349. The number of allylic oxidation sites excluding steroid dienone is 2. The maximum Gasteiger partial charge on any atom is 0.257 e. The van der Waals surface area contributed by atoms with E-state index in [2.05, 4.69) is 0 Å². The molecule has 2 aromatic rings. The van der Waals surface area contributed by atoms with Crippen LogP contribution in [0.4, 0.5) is 5.69 Å². The van der Waals surface area contributed by atoms with Gasteiger partial charge in [-0.2, -0.15) is 5.06 Å². The highest BCUT2D eigenvalue weighted by Gasteiger charge is 2.67. The molecule has 6 rings (SSSR count). The molecule has 2 N–H and O–H groups in total. The number of hydrogen-bond acceptors (Lipinski definition) is 8. The molecule has 10 nitrogen and oxygen atoms in total. The molecule has 2 heterocycles. The molecule has 0 spiro atoms. The molecule has 0 bridgehead atoms. The third kappa shape index (κ3) is 3.24. The van der Waals surface area contributed by atoms with Crippen LogP contribution in [0.5, 0.6) is 17.2 Å². The number of para-hydroxylation sites is 1. The fourth-order valence-corrected chi connectivity index (χ4v) is 7.28. The molecular weight excluding hydrogens is 504 g/mol. The Labute approximate surface area is 224 Å². The van der Waals surface area contributed by atoms with Crippen molar-refractivity contribution in [2.45, 2.75) is 25.7 Å². The Morgan fingerprint density at radius 2 is 1.56 bits per heavy atom. The van der Waals surface area contributed by atoms with Gasteiger partial charge in [0.1, 0.15) is 0 Å². The number of ether oxygens (including phenoxy) is 2. The van der Waals surface area contributed by atoms with Crippen LogP contribution in [0.1, 0.15) is 31.2 Å². The molecule has 2 aromatic carbocycles. The largest absolute Gasteiger partial charge is 0.502 e. The lowest BCUT2D eigenvalue weighted by atomic mass is 9.51. The van der Waals surface area contributed by atoms with Crippen LogP contribution in [0.2, 0.25) is 0 Å². The molecule has 2 aliphatic heterocycles. The Bertz CT molecular complexity index is 1430. The minimum atomic E-state index is -1.25. The minimum Gasteiger partial charge on any atom is -0.502 e. The van der Waals surface area contributed by atoms with Crippen molar-refractivity contribution in [2.75, 3.05) is 19.1 Å². The third-order valence-electron chi connectivity index (χ3n) is 9.10. The number of phenols is 1. The van der Waals surface area contributed by atoms with Crippen molar-refractivity contribution in [3.05, 3.63) is 59.7 Å². The summed E-state index contributed by atoms with van der Waals surface area (Å²) in [4.78, 5) is 55.3. The number of fused-ring (bicyclic) bond motifs is 4. The van der Waals surface area contributed by atoms with E-state index in [1.807, 2.05) is 6.08 Å². The van der Waals surface area contributed by atoms with Crippen molar-refractivity contribution in [2.24, 2.45) is 29.1 Å². The number of imide groups is 2. The van der Waals surface area contributed by atoms with Gasteiger partial charge in [0, 0.05) is 5.92 Å². The maximum atomic E-state index is 14.3. The van der Waals surface area contributed by atoms with Crippen LogP contribution in [0.25, 0.3) is 0 Å². The first kappa shape index (κ1) is 25.1. The van der Waals surface area contributed by atoms with Gasteiger partial charge in [0.25, 0.3) is 11.8 Å². The van der Waals surface area contributed by atoms with E-state index < -0.39 is 46.8 Å². The fraction of sp³-hybridized carbons (Fsp3) is 0.379. The van der Waals surface area contributed by atoms with E-state index in [4.69, 9.17) is 9.47 Å². The third-order valence-corrected chi connectivity index (χ3v) is 9.10. The second-order valence-electron chi connectivity index (χ2n) is 10.8. The Hall–Kier alpha value is -4.18. The van der Waals surface area contributed by atoms with Crippen molar-refractivity contribution in [1.82, 2.24) is 5.06 Å². The van der Waals surface area contributed by atoms with Gasteiger partial charge in [-0.3, -0.25) is 24.4 Å². The highest BCUT2D eigenvalue weighted by atomic mass is 16.5. The number of aromatic hydroxyl groups is 1. The van der Waals surface area contributed by atoms with Crippen LogP contribution in [-0.2, 0) is 19.2 Å². The van der Waals surface area contributed by atoms with Gasteiger partial charge in [-0.05, 0) is 55.5 Å². The number of methoxy groups -OCH3 is 2. The summed E-state index contributed by atoms with van der Waals surface area (Å²) < 4.78 is 10.8. The molecule has 0 aromatic heterocycles. The standard InChI is InChI=1S/C29H28N2O8/c1-29-19(26(34)30(28(29)36)15-7-5-4-6-8-15)13-18-16(9-10-17-22(18)27(35)31(37)25(17)33)23(29)14-11-20(38-2)24(32)21(12-14)39-3/h4-9,11-12,17-19,22-23,32,37H,10,13H2,1-3H3. The molecule has 4 aliphatic rings. The molecule has 3 fully saturated rings. The van der Waals surface area contributed by atoms with E-state index >= 15 is 0 Å². The highest BCUT2D eigenvalue weighted by Crippen LogP contribution is 2.64. The molecule has 4 amide bonds. The van der Waals surface area contributed by atoms with Gasteiger partial charge >= 0.3 is 0 Å². The predicted octanol–water partition coefficient (Wildman–Crippen LogP) is 3.03. The summed E-state index contributed by atoms with van der Waals surface area (Å²) in [5.74, 6) is -5.69. The molecule has 10 heteroatoms. The van der Waals surface area contributed by atoms with E-state index in [1.165, 1.54) is 19.1 Å². The summed E-state index contributed by atoms with van der Waals surface area (Å²) in [6.45, 7) is 1.76. The highest BCUT2D eigenvalue weighted by molar-refractivity contribution is 6.24. The lowest BCUT2D eigenvalue weighted by molar-refractivity contribution is -0.173. The summed E-state index contributed by atoms with van der Waals surface area (Å²) in [6, 6.07) is 11.9. The normalized spacial score (nSPS) is 31.6. The SMILES string of the molecule is COc1cc(C2C3=CCC4C(=O)N(O)C(=O)C4C3CC3C(=O)N(c4ccccc4)C(=O)C32C)cc(OC)c1O. The number of anilines is 1. The molecule has 0 radical (unpaired) electrons. The monoisotopic (exact) mass is 532 g/mol. The van der Waals surface area contributed by atoms with Crippen molar-refractivity contribution in [3.8, 4) is 17.2 Å². The predicted molar refractivity (Wildman–Crippen MR) is 136 cm³/mol. The van der Waals surface area contributed by atoms with Gasteiger partial charge in [0.15, 0.2) is 11.5 Å². The molecule has 202 valence electrons. The van der Waals surface area contributed by atoms with Gasteiger partial charge in [-0.25, -0.2) is 4.90 Å². The maximum absolute atomic E-state index is 14.3. The number of hydroxylamine groups is 2. The molecule has 1 saturated carbocycles. The smallest absolute Gasteiger partial charge is 0.257 e. The summed E-state index contributed by atoms with van der Waals surface area (Å²) in [7, 11) is 2.80. The molecule has 2 aliphatic carbocycles. The number of nitrogens with zero attached hydrogens (tertiary/aromatic N) is 2. The number of hydrogen-bond donors (Lipinski definition) is 2. The molecule has 39 heavy (non-hydrogen) atoms. The number of carbonyl (C=O) groups is 4. The second-order valence-corrected chi connectivity index (χ2v) is 10.8. The van der Waals surface area contributed by atoms with Crippen LogP contribution in [0.15, 0.2) is 54.1 Å². The van der Waals surface area contributed by atoms with E-state index in [1.54, 1.807) is 49.4 Å². The van der Waals surface area contributed by atoms with Crippen LogP contribution < -0.4 is 14.4 Å². The molecular formula is C29H28N2O8. The van der Waals surface area contributed by atoms with Crippen LogP contribution in [0.3, 0.4) is 0 Å². The first-order valence-corrected chi connectivity index (χ1v) is 12.8. The van der Waals surface area contributed by atoms with Gasteiger partial charge in [0.2, 0.25) is 17.6 Å². The number of amides is 4. The lowest BCUT2D eigenvalue weighted by Gasteiger charge is -2.49. The summed E-state index contributed by atoms with van der Waals surface area (Å²) in [5.41, 5.74) is 0.514. The average molecular weight is 533 g/mol. The molecule has 6 unspecified atom stereocenters. The van der Waals surface area contributed by atoms with Gasteiger partial charge in [0.05, 0.1) is 43.1 Å². The average Bonchev–Trinajstić information content (AvgIpc) is 3.28. The van der Waals surface area contributed by atoms with Crippen molar-refractivity contribution >= 4 is 29.3 Å².